The first-order valence-corrected chi connectivity index (χ1v) is 6.35. The maximum absolute atomic E-state index is 11.1. The van der Waals surface area contributed by atoms with E-state index in [4.69, 9.17) is 10.5 Å². The van der Waals surface area contributed by atoms with Crippen molar-refractivity contribution in [2.24, 2.45) is 5.73 Å². The van der Waals surface area contributed by atoms with E-state index >= 15 is 0 Å². The molecular formula is C14H18N4O2. The number of nitrogens with two attached hydrogens (primary N) is 1. The third-order valence-electron chi connectivity index (χ3n) is 2.83. The third-order valence-corrected chi connectivity index (χ3v) is 2.83. The molecule has 1 aromatic heterocycles. The lowest BCUT2D eigenvalue weighted by Crippen LogP contribution is -2.07. The van der Waals surface area contributed by atoms with E-state index in [0.29, 0.717) is 18.9 Å². The van der Waals surface area contributed by atoms with Crippen LogP contribution in [0.1, 0.15) is 12.6 Å². The monoisotopic (exact) mass is 274 g/mol. The minimum absolute atomic E-state index is 0.167. The Bertz CT molecular complexity index is 590. The lowest BCUT2D eigenvalue weighted by Gasteiger charge is -2.03. The van der Waals surface area contributed by atoms with Crippen molar-refractivity contribution in [1.82, 2.24) is 9.97 Å². The average Bonchev–Trinajstić information content (AvgIpc) is 2.81. The zero-order chi connectivity index (χ0) is 14.5. The number of amides is 1. The third kappa shape index (κ3) is 3.16. The van der Waals surface area contributed by atoms with Crippen molar-refractivity contribution in [3.05, 3.63) is 30.0 Å². The Morgan fingerprint density at radius 2 is 2.10 bits per heavy atom. The van der Waals surface area contributed by atoms with Crippen LogP contribution in [0.25, 0.3) is 11.3 Å². The predicted octanol–water partition coefficient (Wildman–Crippen LogP) is 1.54. The molecule has 0 aliphatic heterocycles. The van der Waals surface area contributed by atoms with Crippen molar-refractivity contribution in [2.75, 3.05) is 19.0 Å². The Morgan fingerprint density at radius 3 is 2.65 bits per heavy atom. The van der Waals surface area contributed by atoms with Gasteiger partial charge in [0.2, 0.25) is 11.9 Å². The highest BCUT2D eigenvalue weighted by Crippen LogP contribution is 2.25. The summed E-state index contributed by atoms with van der Waals surface area (Å²) < 4.78 is 5.14. The zero-order valence-corrected chi connectivity index (χ0v) is 11.6. The summed E-state index contributed by atoms with van der Waals surface area (Å²) in [5.74, 6) is 1.06. The fraction of sp³-hybridized carbons (Fsp3) is 0.286. The fourth-order valence-electron chi connectivity index (χ4n) is 1.95. The molecule has 0 saturated heterocycles. The number of methoxy groups -OCH3 is 1. The van der Waals surface area contributed by atoms with Gasteiger partial charge in [-0.1, -0.05) is 0 Å². The summed E-state index contributed by atoms with van der Waals surface area (Å²) in [6.07, 6.45) is 0.636. The fourth-order valence-corrected chi connectivity index (χ4v) is 1.95. The van der Waals surface area contributed by atoms with Crippen LogP contribution in [0.15, 0.2) is 24.3 Å². The number of carbonyl (C=O) groups excluding carboxylic acids is 1. The molecule has 6 heteroatoms. The standard InChI is InChI=1S/C14H18N4O2/c1-9(19)16-14-17-12(7-8-15)13(18-14)10-3-5-11(20-2)6-4-10/h3-6H,7-8,15H2,1-2H3,(H2,16,17,18,19). The van der Waals surface area contributed by atoms with E-state index in [2.05, 4.69) is 15.3 Å². The van der Waals surface area contributed by atoms with Gasteiger partial charge in [0.05, 0.1) is 18.5 Å². The van der Waals surface area contributed by atoms with Gasteiger partial charge >= 0.3 is 0 Å². The average molecular weight is 274 g/mol. The van der Waals surface area contributed by atoms with Crippen LogP contribution >= 0.6 is 0 Å². The molecule has 0 bridgehead atoms. The Morgan fingerprint density at radius 1 is 1.40 bits per heavy atom. The molecule has 2 rings (SSSR count). The lowest BCUT2D eigenvalue weighted by molar-refractivity contribution is -0.114. The molecule has 20 heavy (non-hydrogen) atoms. The van der Waals surface area contributed by atoms with Gasteiger partial charge in [-0.2, -0.15) is 0 Å². The molecule has 106 valence electrons. The molecule has 0 aliphatic carbocycles. The van der Waals surface area contributed by atoms with Crippen molar-refractivity contribution in [3.63, 3.8) is 0 Å². The maximum Gasteiger partial charge on any atom is 0.223 e. The molecule has 2 aromatic rings. The largest absolute Gasteiger partial charge is 0.497 e. The number of benzene rings is 1. The second-order valence-corrected chi connectivity index (χ2v) is 4.36. The van der Waals surface area contributed by atoms with Crippen molar-refractivity contribution >= 4 is 11.9 Å². The topological polar surface area (TPSA) is 93.0 Å². The van der Waals surface area contributed by atoms with Crippen LogP contribution in [0.3, 0.4) is 0 Å². The molecule has 0 atom stereocenters. The molecule has 4 N–H and O–H groups in total. The number of hydrogen-bond donors (Lipinski definition) is 3. The normalized spacial score (nSPS) is 10.3. The maximum atomic E-state index is 11.1. The number of aromatic nitrogens is 2. The second kappa shape index (κ2) is 6.21. The summed E-state index contributed by atoms with van der Waals surface area (Å²) in [6, 6.07) is 7.62. The minimum Gasteiger partial charge on any atom is -0.497 e. The highest BCUT2D eigenvalue weighted by Gasteiger charge is 2.12. The minimum atomic E-state index is -0.167. The van der Waals surface area contributed by atoms with Crippen LogP contribution in [0.5, 0.6) is 5.75 Å². The summed E-state index contributed by atoms with van der Waals surface area (Å²) in [5, 5.41) is 2.65. The van der Waals surface area contributed by atoms with Gasteiger partial charge in [0.25, 0.3) is 0 Å². The van der Waals surface area contributed by atoms with Crippen LogP contribution in [0.4, 0.5) is 5.95 Å². The van der Waals surface area contributed by atoms with Crippen LogP contribution in [0.2, 0.25) is 0 Å². The highest BCUT2D eigenvalue weighted by atomic mass is 16.5. The number of nitrogens with one attached hydrogen (secondary N) is 2. The first-order valence-electron chi connectivity index (χ1n) is 6.35. The van der Waals surface area contributed by atoms with Gasteiger partial charge in [-0.25, -0.2) is 4.98 Å². The first kappa shape index (κ1) is 14.1. The van der Waals surface area contributed by atoms with E-state index in [9.17, 15) is 4.79 Å². The van der Waals surface area contributed by atoms with E-state index in [0.717, 1.165) is 22.7 Å². The number of rotatable bonds is 5. The van der Waals surface area contributed by atoms with Crippen molar-refractivity contribution < 1.29 is 9.53 Å². The van der Waals surface area contributed by atoms with E-state index in [-0.39, 0.29) is 5.91 Å². The van der Waals surface area contributed by atoms with Crippen LogP contribution < -0.4 is 15.8 Å². The van der Waals surface area contributed by atoms with E-state index in [1.54, 1.807) is 7.11 Å². The quantitative estimate of drug-likeness (QED) is 0.771. The molecule has 0 spiro atoms. The van der Waals surface area contributed by atoms with Gasteiger partial charge < -0.3 is 15.5 Å². The smallest absolute Gasteiger partial charge is 0.223 e. The number of anilines is 1. The SMILES string of the molecule is COc1ccc(-c2[nH]c(NC(C)=O)nc2CCN)cc1. The van der Waals surface area contributed by atoms with Crippen molar-refractivity contribution in [2.45, 2.75) is 13.3 Å². The number of carbonyl (C=O) groups is 1. The number of nitrogens with zero attached hydrogens (tertiary/aromatic N) is 1. The summed E-state index contributed by atoms with van der Waals surface area (Å²) in [6.45, 7) is 1.94. The van der Waals surface area contributed by atoms with Gasteiger partial charge in [0.1, 0.15) is 5.75 Å². The van der Waals surface area contributed by atoms with E-state index in [1.807, 2.05) is 24.3 Å². The Hall–Kier alpha value is -2.34. The molecule has 0 aliphatic rings. The van der Waals surface area contributed by atoms with Gasteiger partial charge in [-0.3, -0.25) is 10.1 Å². The Balaban J connectivity index is 2.36. The number of hydrogen-bond acceptors (Lipinski definition) is 4. The van der Waals surface area contributed by atoms with E-state index in [1.165, 1.54) is 6.92 Å². The predicted molar refractivity (Wildman–Crippen MR) is 77.6 cm³/mol. The van der Waals surface area contributed by atoms with E-state index < -0.39 is 0 Å². The molecule has 1 amide bonds. The molecule has 0 unspecified atom stereocenters. The number of H-pyrrole nitrogens is 1. The number of ether oxygens (including phenoxy) is 1. The molecule has 6 nitrogen and oxygen atoms in total. The van der Waals surface area contributed by atoms with Gasteiger partial charge in [-0.15, -0.1) is 0 Å². The second-order valence-electron chi connectivity index (χ2n) is 4.36. The Kier molecular flexibility index (Phi) is 4.37. The van der Waals surface area contributed by atoms with Gasteiger partial charge in [0.15, 0.2) is 0 Å². The summed E-state index contributed by atoms with van der Waals surface area (Å²) in [7, 11) is 1.62. The number of aromatic amines is 1. The summed E-state index contributed by atoms with van der Waals surface area (Å²) in [5.41, 5.74) is 8.27. The van der Waals surface area contributed by atoms with Crippen LogP contribution in [-0.4, -0.2) is 29.5 Å². The van der Waals surface area contributed by atoms with Crippen molar-refractivity contribution in [3.8, 4) is 17.0 Å². The molecular weight excluding hydrogens is 256 g/mol. The lowest BCUT2D eigenvalue weighted by atomic mass is 10.1. The molecule has 1 heterocycles. The molecule has 0 fully saturated rings. The summed E-state index contributed by atoms with van der Waals surface area (Å²) >= 11 is 0. The molecule has 0 saturated carbocycles. The van der Waals surface area contributed by atoms with Crippen LogP contribution in [-0.2, 0) is 11.2 Å². The van der Waals surface area contributed by atoms with Gasteiger partial charge in [0, 0.05) is 18.9 Å². The molecule has 0 radical (unpaired) electrons. The first-order chi connectivity index (χ1) is 9.63. The Labute approximate surface area is 117 Å². The molecule has 1 aromatic carbocycles. The highest BCUT2D eigenvalue weighted by molar-refractivity contribution is 5.87. The van der Waals surface area contributed by atoms with Gasteiger partial charge in [-0.05, 0) is 30.8 Å². The number of imidazole rings is 1. The van der Waals surface area contributed by atoms with Crippen molar-refractivity contribution in [1.29, 1.82) is 0 Å². The van der Waals surface area contributed by atoms with Crippen LogP contribution in [0, 0.1) is 0 Å². The zero-order valence-electron chi connectivity index (χ0n) is 11.6. The summed E-state index contributed by atoms with van der Waals surface area (Å²) in [4.78, 5) is 18.6.